The maximum absolute atomic E-state index is 12.3. The number of nitrogens with one attached hydrogen (secondary N) is 1. The third-order valence-electron chi connectivity index (χ3n) is 4.00. The number of nitrogens with zero attached hydrogens (tertiary/aromatic N) is 3. The fraction of sp³-hybridized carbons (Fsp3) is 0.412. The highest BCUT2D eigenvalue weighted by atomic mass is 32.1. The number of amides is 1. The summed E-state index contributed by atoms with van der Waals surface area (Å²) in [6, 6.07) is 5.86. The molecule has 1 aliphatic heterocycles. The SMILES string of the molecule is C[C@@H]1CN(Cc2csc(NC(=O)c3ccccc3[N+](=O)[O-])n2)C[C@H](C)O1. The number of para-hydroxylation sites is 1. The van der Waals surface area contributed by atoms with Gasteiger partial charge in [-0.1, -0.05) is 12.1 Å². The van der Waals surface area contributed by atoms with Crippen LogP contribution in [0.25, 0.3) is 0 Å². The second-order valence-corrected chi connectivity index (χ2v) is 7.18. The summed E-state index contributed by atoms with van der Waals surface area (Å²) in [5, 5.41) is 16.0. The van der Waals surface area contributed by atoms with Crippen molar-refractivity contribution in [3.05, 3.63) is 51.0 Å². The van der Waals surface area contributed by atoms with Gasteiger partial charge in [-0.05, 0) is 19.9 Å². The van der Waals surface area contributed by atoms with Crippen LogP contribution in [0.3, 0.4) is 0 Å². The predicted molar refractivity (Wildman–Crippen MR) is 98.4 cm³/mol. The second-order valence-electron chi connectivity index (χ2n) is 6.32. The van der Waals surface area contributed by atoms with E-state index in [4.69, 9.17) is 4.74 Å². The average molecular weight is 376 g/mol. The van der Waals surface area contributed by atoms with Crippen molar-refractivity contribution >= 4 is 28.1 Å². The summed E-state index contributed by atoms with van der Waals surface area (Å²) >= 11 is 1.31. The summed E-state index contributed by atoms with van der Waals surface area (Å²) in [5.41, 5.74) is 0.650. The third-order valence-corrected chi connectivity index (χ3v) is 4.80. The Bertz CT molecular complexity index is 800. The highest BCUT2D eigenvalue weighted by Gasteiger charge is 2.23. The molecule has 2 aromatic rings. The Morgan fingerprint density at radius 3 is 2.77 bits per heavy atom. The van der Waals surface area contributed by atoms with Gasteiger partial charge in [0.2, 0.25) is 0 Å². The first-order valence-corrected chi connectivity index (χ1v) is 9.17. The number of benzene rings is 1. The molecular weight excluding hydrogens is 356 g/mol. The minimum atomic E-state index is -0.567. The molecule has 1 aromatic heterocycles. The van der Waals surface area contributed by atoms with E-state index in [1.165, 1.54) is 29.5 Å². The van der Waals surface area contributed by atoms with Gasteiger partial charge in [-0.15, -0.1) is 11.3 Å². The lowest BCUT2D eigenvalue weighted by molar-refractivity contribution is -0.385. The Morgan fingerprint density at radius 1 is 1.38 bits per heavy atom. The molecule has 1 N–H and O–H groups in total. The fourth-order valence-electron chi connectivity index (χ4n) is 3.07. The highest BCUT2D eigenvalue weighted by molar-refractivity contribution is 7.14. The quantitative estimate of drug-likeness (QED) is 0.636. The summed E-state index contributed by atoms with van der Waals surface area (Å²) in [6.07, 6.45) is 0.352. The molecule has 1 saturated heterocycles. The number of nitro benzene ring substituents is 1. The van der Waals surface area contributed by atoms with Crippen molar-refractivity contribution in [1.29, 1.82) is 0 Å². The van der Waals surface area contributed by atoms with E-state index in [1.54, 1.807) is 6.07 Å². The molecule has 0 bridgehead atoms. The van der Waals surface area contributed by atoms with E-state index in [0.717, 1.165) is 18.8 Å². The number of carbonyl (C=O) groups excluding carboxylic acids is 1. The van der Waals surface area contributed by atoms with Crippen LogP contribution in [0.15, 0.2) is 29.6 Å². The number of nitro groups is 1. The predicted octanol–water partition coefficient (Wildman–Crippen LogP) is 2.91. The Labute approximate surface area is 154 Å². The van der Waals surface area contributed by atoms with Crippen molar-refractivity contribution in [2.75, 3.05) is 18.4 Å². The van der Waals surface area contributed by atoms with Gasteiger partial charge in [0, 0.05) is 31.1 Å². The summed E-state index contributed by atoms with van der Waals surface area (Å²) in [4.78, 5) is 29.5. The molecule has 1 aliphatic rings. The fourth-order valence-corrected chi connectivity index (χ4v) is 3.77. The van der Waals surface area contributed by atoms with Gasteiger partial charge in [-0.3, -0.25) is 25.1 Å². The van der Waals surface area contributed by atoms with Crippen LogP contribution < -0.4 is 5.32 Å². The van der Waals surface area contributed by atoms with Crippen molar-refractivity contribution in [3.8, 4) is 0 Å². The first-order valence-electron chi connectivity index (χ1n) is 8.29. The monoisotopic (exact) mass is 376 g/mol. The van der Waals surface area contributed by atoms with Gasteiger partial charge in [-0.25, -0.2) is 4.98 Å². The first-order chi connectivity index (χ1) is 12.4. The molecule has 26 heavy (non-hydrogen) atoms. The second kappa shape index (κ2) is 7.90. The van der Waals surface area contributed by atoms with Crippen molar-refractivity contribution in [2.45, 2.75) is 32.6 Å². The number of morpholine rings is 1. The number of ether oxygens (including phenoxy) is 1. The summed E-state index contributed by atoms with van der Waals surface area (Å²) < 4.78 is 5.72. The minimum absolute atomic E-state index is 0.0186. The van der Waals surface area contributed by atoms with Crippen molar-refractivity contribution < 1.29 is 14.5 Å². The number of aromatic nitrogens is 1. The van der Waals surface area contributed by atoms with Gasteiger partial charge in [0.1, 0.15) is 5.56 Å². The van der Waals surface area contributed by atoms with Crippen molar-refractivity contribution in [2.24, 2.45) is 0 Å². The molecule has 1 aromatic carbocycles. The Hall–Kier alpha value is -2.36. The van der Waals surface area contributed by atoms with Crippen LogP contribution in [0.2, 0.25) is 0 Å². The molecule has 0 aliphatic carbocycles. The van der Waals surface area contributed by atoms with Gasteiger partial charge in [-0.2, -0.15) is 0 Å². The van der Waals surface area contributed by atoms with Gasteiger partial charge in [0.05, 0.1) is 22.8 Å². The van der Waals surface area contributed by atoms with E-state index >= 15 is 0 Å². The molecule has 8 nitrogen and oxygen atoms in total. The summed E-state index contributed by atoms with van der Waals surface area (Å²) in [7, 11) is 0. The van der Waals surface area contributed by atoms with Gasteiger partial charge >= 0.3 is 0 Å². The molecule has 0 unspecified atom stereocenters. The van der Waals surface area contributed by atoms with Crippen LogP contribution in [-0.2, 0) is 11.3 Å². The zero-order valence-electron chi connectivity index (χ0n) is 14.5. The van der Waals surface area contributed by atoms with Crippen LogP contribution in [0.4, 0.5) is 10.8 Å². The average Bonchev–Trinajstić information content (AvgIpc) is 3.00. The zero-order chi connectivity index (χ0) is 18.7. The van der Waals surface area contributed by atoms with Crippen LogP contribution in [-0.4, -0.2) is 46.0 Å². The van der Waals surface area contributed by atoms with E-state index in [1.807, 2.05) is 19.2 Å². The number of hydrogen-bond donors (Lipinski definition) is 1. The Kier molecular flexibility index (Phi) is 5.60. The number of hydrogen-bond acceptors (Lipinski definition) is 7. The van der Waals surface area contributed by atoms with Gasteiger partial charge in [0.25, 0.3) is 11.6 Å². The lowest BCUT2D eigenvalue weighted by Gasteiger charge is -2.34. The van der Waals surface area contributed by atoms with Crippen LogP contribution >= 0.6 is 11.3 Å². The Morgan fingerprint density at radius 2 is 2.08 bits per heavy atom. The Balaban J connectivity index is 1.65. The zero-order valence-corrected chi connectivity index (χ0v) is 15.4. The van der Waals surface area contributed by atoms with Crippen LogP contribution in [0, 0.1) is 10.1 Å². The standard InChI is InChI=1S/C17H20N4O4S/c1-11-7-20(8-12(2)25-11)9-13-10-26-17(18-13)19-16(22)14-5-3-4-6-15(14)21(23)24/h3-6,10-12H,7-9H2,1-2H3,(H,18,19,22)/t11-,12+. The summed E-state index contributed by atoms with van der Waals surface area (Å²) in [6.45, 7) is 6.43. The normalized spacial score (nSPS) is 20.7. The molecule has 0 radical (unpaired) electrons. The third kappa shape index (κ3) is 4.43. The molecule has 2 atom stereocenters. The molecule has 9 heteroatoms. The molecule has 138 valence electrons. The molecule has 3 rings (SSSR count). The molecule has 1 fully saturated rings. The van der Waals surface area contributed by atoms with E-state index in [2.05, 4.69) is 15.2 Å². The van der Waals surface area contributed by atoms with E-state index in [-0.39, 0.29) is 23.5 Å². The largest absolute Gasteiger partial charge is 0.373 e. The number of carbonyl (C=O) groups is 1. The molecular formula is C17H20N4O4S. The highest BCUT2D eigenvalue weighted by Crippen LogP contribution is 2.22. The van der Waals surface area contributed by atoms with E-state index in [0.29, 0.717) is 11.7 Å². The molecule has 0 spiro atoms. The van der Waals surface area contributed by atoms with E-state index < -0.39 is 10.8 Å². The lowest BCUT2D eigenvalue weighted by atomic mass is 10.1. The van der Waals surface area contributed by atoms with Crippen LogP contribution in [0.1, 0.15) is 29.9 Å². The molecule has 1 amide bonds. The van der Waals surface area contributed by atoms with Gasteiger partial charge in [0.15, 0.2) is 5.13 Å². The molecule has 0 saturated carbocycles. The number of anilines is 1. The summed E-state index contributed by atoms with van der Waals surface area (Å²) in [5.74, 6) is -0.535. The maximum Gasteiger partial charge on any atom is 0.282 e. The minimum Gasteiger partial charge on any atom is -0.373 e. The first kappa shape index (κ1) is 18.4. The van der Waals surface area contributed by atoms with Crippen molar-refractivity contribution in [1.82, 2.24) is 9.88 Å². The number of rotatable bonds is 5. The smallest absolute Gasteiger partial charge is 0.282 e. The van der Waals surface area contributed by atoms with Crippen molar-refractivity contribution in [3.63, 3.8) is 0 Å². The van der Waals surface area contributed by atoms with E-state index in [9.17, 15) is 14.9 Å². The lowest BCUT2D eigenvalue weighted by Crippen LogP contribution is -2.44. The molecule has 2 heterocycles. The number of thiazole rings is 1. The van der Waals surface area contributed by atoms with Gasteiger partial charge < -0.3 is 4.74 Å². The van der Waals surface area contributed by atoms with Crippen LogP contribution in [0.5, 0.6) is 0 Å². The topological polar surface area (TPSA) is 97.6 Å². The maximum atomic E-state index is 12.3.